The van der Waals surface area contributed by atoms with Crippen molar-refractivity contribution >= 4 is 0 Å². The lowest BCUT2D eigenvalue weighted by Crippen LogP contribution is -2.06. The Morgan fingerprint density at radius 3 is 2.56 bits per heavy atom. The van der Waals surface area contributed by atoms with E-state index in [1.165, 1.54) is 0 Å². The van der Waals surface area contributed by atoms with Gasteiger partial charge < -0.3 is 14.3 Å². The van der Waals surface area contributed by atoms with E-state index < -0.39 is 6.10 Å². The Morgan fingerprint density at radius 1 is 1.17 bits per heavy atom. The Kier molecular flexibility index (Phi) is 3.72. The normalized spacial score (nSPS) is 12.7. The number of hydrogen-bond donors (Lipinski definition) is 1. The summed E-state index contributed by atoms with van der Waals surface area (Å²) in [5.74, 6) is 2.10. The van der Waals surface area contributed by atoms with Crippen LogP contribution in [0.15, 0.2) is 40.8 Å². The van der Waals surface area contributed by atoms with E-state index in [9.17, 15) is 5.11 Å². The monoisotopic (exact) mass is 246 g/mol. The molecule has 0 unspecified atom stereocenters. The molecule has 18 heavy (non-hydrogen) atoms. The van der Waals surface area contributed by atoms with Crippen LogP contribution in [0.3, 0.4) is 0 Å². The van der Waals surface area contributed by atoms with Crippen LogP contribution in [0.1, 0.15) is 37.0 Å². The van der Waals surface area contributed by atoms with E-state index in [1.807, 2.05) is 51.1 Å². The quantitative estimate of drug-likeness (QED) is 0.898. The van der Waals surface area contributed by atoms with Gasteiger partial charge in [0.15, 0.2) is 0 Å². The summed E-state index contributed by atoms with van der Waals surface area (Å²) in [6, 6.07) is 11.1. The number of aryl methyl sites for hydroxylation is 1. The Hall–Kier alpha value is -1.74. The first-order valence-corrected chi connectivity index (χ1v) is 6.07. The number of hydrogen-bond acceptors (Lipinski definition) is 3. The molecule has 0 aliphatic heterocycles. The molecule has 1 atom stereocenters. The van der Waals surface area contributed by atoms with Crippen LogP contribution in [0.4, 0.5) is 0 Å². The number of benzene rings is 1. The Balaban J connectivity index is 2.22. The summed E-state index contributed by atoms with van der Waals surface area (Å²) >= 11 is 0. The van der Waals surface area contributed by atoms with Crippen LogP contribution in [0.5, 0.6) is 5.75 Å². The van der Waals surface area contributed by atoms with Crippen LogP contribution in [-0.4, -0.2) is 11.2 Å². The predicted molar refractivity (Wildman–Crippen MR) is 69.7 cm³/mol. The molecule has 1 N–H and O–H groups in total. The summed E-state index contributed by atoms with van der Waals surface area (Å²) in [4.78, 5) is 0. The topological polar surface area (TPSA) is 42.6 Å². The summed E-state index contributed by atoms with van der Waals surface area (Å²) in [7, 11) is 0. The van der Waals surface area contributed by atoms with Gasteiger partial charge in [-0.3, -0.25) is 0 Å². The molecule has 1 aromatic carbocycles. The molecule has 3 heteroatoms. The molecule has 0 spiro atoms. The van der Waals surface area contributed by atoms with Gasteiger partial charge in [0.1, 0.15) is 23.4 Å². The minimum absolute atomic E-state index is 0.114. The van der Waals surface area contributed by atoms with Gasteiger partial charge >= 0.3 is 0 Å². The van der Waals surface area contributed by atoms with E-state index in [0.717, 1.165) is 17.1 Å². The summed E-state index contributed by atoms with van der Waals surface area (Å²) in [5, 5.41) is 10.2. The molecule has 0 bridgehead atoms. The standard InChI is InChI=1S/C15H18O3/c1-10(2)17-13-6-4-5-12(9-13)15(16)14-8-7-11(3)18-14/h4-10,15-16H,1-3H3/t15-/m1/s1. The fourth-order valence-corrected chi connectivity index (χ4v) is 1.79. The molecule has 0 saturated carbocycles. The summed E-state index contributed by atoms with van der Waals surface area (Å²) in [6.07, 6.45) is -0.641. The van der Waals surface area contributed by atoms with E-state index in [-0.39, 0.29) is 6.10 Å². The van der Waals surface area contributed by atoms with Gasteiger partial charge in [-0.25, -0.2) is 0 Å². The number of aliphatic hydroxyl groups excluding tert-OH is 1. The Bertz CT molecular complexity index is 514. The van der Waals surface area contributed by atoms with Gasteiger partial charge in [-0.2, -0.15) is 0 Å². The van der Waals surface area contributed by atoms with Gasteiger partial charge in [0, 0.05) is 0 Å². The average molecular weight is 246 g/mol. The number of aliphatic hydroxyl groups is 1. The zero-order chi connectivity index (χ0) is 13.1. The maximum absolute atomic E-state index is 10.2. The Morgan fingerprint density at radius 2 is 1.94 bits per heavy atom. The highest BCUT2D eigenvalue weighted by molar-refractivity contribution is 5.33. The lowest BCUT2D eigenvalue weighted by molar-refractivity contribution is 0.186. The van der Waals surface area contributed by atoms with Gasteiger partial charge in [0.2, 0.25) is 0 Å². The molecule has 1 aromatic heterocycles. The molecular formula is C15H18O3. The molecule has 2 rings (SSSR count). The molecule has 0 fully saturated rings. The van der Waals surface area contributed by atoms with Crippen molar-refractivity contribution in [3.8, 4) is 5.75 Å². The largest absolute Gasteiger partial charge is 0.491 e. The van der Waals surface area contributed by atoms with Gasteiger partial charge in [0.05, 0.1) is 6.10 Å². The minimum Gasteiger partial charge on any atom is -0.491 e. The first-order valence-electron chi connectivity index (χ1n) is 6.07. The first kappa shape index (κ1) is 12.7. The van der Waals surface area contributed by atoms with E-state index in [1.54, 1.807) is 6.07 Å². The molecule has 0 aliphatic carbocycles. The molecule has 96 valence electrons. The smallest absolute Gasteiger partial charge is 0.137 e. The highest BCUT2D eigenvalue weighted by atomic mass is 16.5. The Labute approximate surface area is 107 Å². The molecule has 0 saturated heterocycles. The predicted octanol–water partition coefficient (Wildman–Crippen LogP) is 3.46. The van der Waals surface area contributed by atoms with Crippen molar-refractivity contribution in [1.82, 2.24) is 0 Å². The van der Waals surface area contributed by atoms with Crippen molar-refractivity contribution < 1.29 is 14.3 Å². The third kappa shape index (κ3) is 2.93. The highest BCUT2D eigenvalue weighted by Gasteiger charge is 2.14. The summed E-state index contributed by atoms with van der Waals surface area (Å²) in [6.45, 7) is 5.80. The van der Waals surface area contributed by atoms with Crippen LogP contribution in [0.25, 0.3) is 0 Å². The SMILES string of the molecule is Cc1ccc([C@H](O)c2cccc(OC(C)C)c2)o1. The van der Waals surface area contributed by atoms with E-state index >= 15 is 0 Å². The third-order valence-electron chi connectivity index (χ3n) is 2.58. The maximum atomic E-state index is 10.2. The molecule has 0 amide bonds. The van der Waals surface area contributed by atoms with E-state index in [4.69, 9.17) is 9.15 Å². The zero-order valence-electron chi connectivity index (χ0n) is 10.9. The maximum Gasteiger partial charge on any atom is 0.137 e. The highest BCUT2D eigenvalue weighted by Crippen LogP contribution is 2.26. The first-order chi connectivity index (χ1) is 8.56. The molecule has 2 aromatic rings. The van der Waals surface area contributed by atoms with Crippen molar-refractivity contribution in [2.24, 2.45) is 0 Å². The molecule has 0 radical (unpaired) electrons. The molecule has 0 aliphatic rings. The van der Waals surface area contributed by atoms with Crippen molar-refractivity contribution in [3.63, 3.8) is 0 Å². The van der Waals surface area contributed by atoms with Crippen molar-refractivity contribution in [2.75, 3.05) is 0 Å². The van der Waals surface area contributed by atoms with Gasteiger partial charge in [-0.15, -0.1) is 0 Å². The van der Waals surface area contributed by atoms with Crippen LogP contribution < -0.4 is 4.74 Å². The molecule has 1 heterocycles. The molecular weight excluding hydrogens is 228 g/mol. The van der Waals surface area contributed by atoms with Crippen LogP contribution >= 0.6 is 0 Å². The second kappa shape index (κ2) is 5.27. The second-order valence-electron chi connectivity index (χ2n) is 4.59. The van der Waals surface area contributed by atoms with Gasteiger partial charge in [0.25, 0.3) is 0 Å². The fourth-order valence-electron chi connectivity index (χ4n) is 1.79. The third-order valence-corrected chi connectivity index (χ3v) is 2.58. The van der Waals surface area contributed by atoms with E-state index in [0.29, 0.717) is 5.76 Å². The number of rotatable bonds is 4. The average Bonchev–Trinajstić information content (AvgIpc) is 2.74. The van der Waals surface area contributed by atoms with Crippen LogP contribution in [0, 0.1) is 6.92 Å². The van der Waals surface area contributed by atoms with Crippen molar-refractivity contribution in [3.05, 3.63) is 53.5 Å². The van der Waals surface area contributed by atoms with Crippen LogP contribution in [-0.2, 0) is 0 Å². The van der Waals surface area contributed by atoms with Crippen molar-refractivity contribution in [2.45, 2.75) is 33.0 Å². The number of furan rings is 1. The lowest BCUT2D eigenvalue weighted by atomic mass is 10.1. The fraction of sp³-hybridized carbons (Fsp3) is 0.333. The second-order valence-corrected chi connectivity index (χ2v) is 4.59. The van der Waals surface area contributed by atoms with Gasteiger partial charge in [-0.1, -0.05) is 12.1 Å². The lowest BCUT2D eigenvalue weighted by Gasteiger charge is -2.13. The summed E-state index contributed by atoms with van der Waals surface area (Å²) < 4.78 is 11.0. The number of ether oxygens (including phenoxy) is 1. The van der Waals surface area contributed by atoms with Crippen molar-refractivity contribution in [1.29, 1.82) is 0 Å². The summed E-state index contributed by atoms with van der Waals surface area (Å²) in [5.41, 5.74) is 0.766. The van der Waals surface area contributed by atoms with Crippen LogP contribution in [0.2, 0.25) is 0 Å². The van der Waals surface area contributed by atoms with Gasteiger partial charge in [-0.05, 0) is 50.6 Å². The van der Waals surface area contributed by atoms with E-state index in [2.05, 4.69) is 0 Å². The zero-order valence-corrected chi connectivity index (χ0v) is 10.9. The minimum atomic E-state index is -0.755. The molecule has 3 nitrogen and oxygen atoms in total.